The van der Waals surface area contributed by atoms with Gasteiger partial charge in [0, 0.05) is 39.4 Å². The zero-order chi connectivity index (χ0) is 25.4. The Morgan fingerprint density at radius 1 is 1.18 bits per heavy atom. The third-order valence-corrected chi connectivity index (χ3v) is 7.19. The molecule has 1 N–H and O–H groups in total. The molecule has 0 aliphatic carbocycles. The van der Waals surface area contributed by atoms with E-state index in [-0.39, 0.29) is 17.5 Å². The van der Waals surface area contributed by atoms with Crippen molar-refractivity contribution < 1.29 is 26.4 Å². The molecule has 1 aliphatic heterocycles. The van der Waals surface area contributed by atoms with Crippen LogP contribution in [0.4, 0.5) is 18.0 Å². The van der Waals surface area contributed by atoms with E-state index in [1.54, 1.807) is 31.2 Å². The van der Waals surface area contributed by atoms with Crippen LogP contribution < -0.4 is 4.72 Å². The van der Waals surface area contributed by atoms with Crippen molar-refractivity contribution in [3.05, 3.63) is 53.5 Å². The van der Waals surface area contributed by atoms with Gasteiger partial charge in [-0.15, -0.1) is 0 Å². The molecule has 1 aromatic heterocycles. The van der Waals surface area contributed by atoms with Crippen molar-refractivity contribution in [2.45, 2.75) is 31.4 Å². The van der Waals surface area contributed by atoms with Crippen LogP contribution in [0.15, 0.2) is 36.4 Å². The highest BCUT2D eigenvalue weighted by atomic mass is 32.2. The second kappa shape index (κ2) is 9.51. The number of nitrogens with zero attached hydrogens (tertiary/aromatic N) is 4. The molecule has 0 unspecified atom stereocenters. The number of amides is 2. The van der Waals surface area contributed by atoms with Crippen molar-refractivity contribution in [1.29, 1.82) is 0 Å². The fourth-order valence-corrected chi connectivity index (χ4v) is 4.74. The number of carbonyl (C=O) groups is 1. The Balaban J connectivity index is 2.06. The van der Waals surface area contributed by atoms with Gasteiger partial charge in [-0.1, -0.05) is 18.2 Å². The van der Waals surface area contributed by atoms with E-state index in [2.05, 4.69) is 4.98 Å². The summed E-state index contributed by atoms with van der Waals surface area (Å²) in [7, 11) is 0.938. The molecule has 1 fully saturated rings. The number of nitrogens with one attached hydrogen (secondary N) is 1. The van der Waals surface area contributed by atoms with Gasteiger partial charge in [-0.3, -0.25) is 4.98 Å². The van der Waals surface area contributed by atoms with Gasteiger partial charge in [0.2, 0.25) is 0 Å². The predicted octanol–water partition coefficient (Wildman–Crippen LogP) is 2.50. The molecule has 12 heteroatoms. The zero-order valence-electron chi connectivity index (χ0n) is 19.6. The van der Waals surface area contributed by atoms with Gasteiger partial charge < -0.3 is 9.80 Å². The number of likely N-dealkylation sites (tertiary alicyclic amines) is 1. The normalized spacial score (nSPS) is 20.1. The fourth-order valence-electron chi connectivity index (χ4n) is 3.88. The first-order valence-electron chi connectivity index (χ1n) is 10.5. The molecule has 1 aliphatic rings. The topological polar surface area (TPSA) is 85.8 Å². The van der Waals surface area contributed by atoms with E-state index in [1.165, 1.54) is 40.3 Å². The Bertz CT molecular complexity index is 1170. The SMILES string of the molecule is Cc1cccc(-c2cccc(C[C@H]3[C@@H](NS(=O)(=O)N(C)C)C(F)(F)CN3C(=O)N(C)C)c2F)n1. The van der Waals surface area contributed by atoms with E-state index in [9.17, 15) is 13.2 Å². The molecule has 2 atom stereocenters. The van der Waals surface area contributed by atoms with Crippen LogP contribution in [0.25, 0.3) is 11.3 Å². The second-order valence-corrected chi connectivity index (χ2v) is 10.6. The van der Waals surface area contributed by atoms with Gasteiger partial charge in [0.05, 0.1) is 18.3 Å². The molecular weight excluding hydrogens is 471 g/mol. The number of alkyl halides is 2. The third kappa shape index (κ3) is 5.18. The molecule has 2 heterocycles. The summed E-state index contributed by atoms with van der Waals surface area (Å²) in [5.41, 5.74) is 1.30. The fraction of sp³-hybridized carbons (Fsp3) is 0.455. The Kier molecular flexibility index (Phi) is 7.25. The maximum Gasteiger partial charge on any atom is 0.320 e. The van der Waals surface area contributed by atoms with E-state index < -0.39 is 46.6 Å². The Morgan fingerprint density at radius 2 is 1.82 bits per heavy atom. The number of carbonyl (C=O) groups excluding carboxylic acids is 1. The lowest BCUT2D eigenvalue weighted by Crippen LogP contribution is -2.55. The first-order valence-corrected chi connectivity index (χ1v) is 12.0. The van der Waals surface area contributed by atoms with Crippen LogP contribution >= 0.6 is 0 Å². The van der Waals surface area contributed by atoms with E-state index >= 15 is 13.2 Å². The number of hydrogen-bond acceptors (Lipinski definition) is 4. The molecule has 1 saturated heterocycles. The Hall–Kier alpha value is -2.70. The van der Waals surface area contributed by atoms with E-state index in [0.717, 1.165) is 14.1 Å². The molecule has 8 nitrogen and oxygen atoms in total. The van der Waals surface area contributed by atoms with Crippen molar-refractivity contribution in [3.63, 3.8) is 0 Å². The van der Waals surface area contributed by atoms with Crippen LogP contribution in [0.3, 0.4) is 0 Å². The molecule has 186 valence electrons. The lowest BCUT2D eigenvalue weighted by molar-refractivity contribution is -0.00530. The summed E-state index contributed by atoms with van der Waals surface area (Å²) in [5.74, 6) is -4.24. The van der Waals surface area contributed by atoms with Crippen molar-refractivity contribution >= 4 is 16.2 Å². The predicted molar refractivity (Wildman–Crippen MR) is 122 cm³/mol. The lowest BCUT2D eigenvalue weighted by atomic mass is 9.96. The van der Waals surface area contributed by atoms with Gasteiger partial charge in [-0.05, 0) is 37.1 Å². The van der Waals surface area contributed by atoms with Gasteiger partial charge in [-0.25, -0.2) is 18.0 Å². The number of benzene rings is 1. The molecule has 3 rings (SSSR count). The average molecular weight is 500 g/mol. The number of hydrogen-bond donors (Lipinski definition) is 1. The first kappa shape index (κ1) is 25.9. The molecule has 2 amide bonds. The molecule has 0 radical (unpaired) electrons. The molecule has 0 bridgehead atoms. The largest absolute Gasteiger partial charge is 0.331 e. The summed E-state index contributed by atoms with van der Waals surface area (Å²) in [5, 5.41) is 0. The van der Waals surface area contributed by atoms with Crippen molar-refractivity contribution in [1.82, 2.24) is 23.8 Å². The van der Waals surface area contributed by atoms with Gasteiger partial charge in [0.15, 0.2) is 0 Å². The summed E-state index contributed by atoms with van der Waals surface area (Å²) < 4.78 is 73.2. The standard InChI is InChI=1S/C22H28F3N5O3S/c1-14-8-6-11-17(26-14)16-10-7-9-15(19(16)23)12-18-20(27-34(32,33)29(4)5)22(24,25)13-30(18)21(31)28(2)3/h6-11,18,20,27H,12-13H2,1-5H3/t18-,20+/m0/s1. The molecule has 2 aromatic rings. The number of aromatic nitrogens is 1. The maximum absolute atomic E-state index is 15.5. The molecule has 1 aromatic carbocycles. The maximum atomic E-state index is 15.5. The first-order chi connectivity index (χ1) is 15.7. The number of rotatable bonds is 6. The van der Waals surface area contributed by atoms with Crippen molar-refractivity contribution in [2.75, 3.05) is 34.7 Å². The minimum absolute atomic E-state index is 0.0640. The summed E-state index contributed by atoms with van der Waals surface area (Å²) >= 11 is 0. The number of aryl methyl sites for hydroxylation is 1. The van der Waals surface area contributed by atoms with Gasteiger partial charge in [0.1, 0.15) is 11.9 Å². The number of pyridine rings is 1. The molecule has 34 heavy (non-hydrogen) atoms. The summed E-state index contributed by atoms with van der Waals surface area (Å²) in [6.07, 6.45) is -0.332. The second-order valence-electron chi connectivity index (χ2n) is 8.66. The molecular formula is C22H28F3N5O3S. The molecule has 0 spiro atoms. The van der Waals surface area contributed by atoms with Crippen LogP contribution in [-0.2, 0) is 16.6 Å². The number of halogens is 3. The highest BCUT2D eigenvalue weighted by Crippen LogP contribution is 2.36. The minimum atomic E-state index is -4.27. The summed E-state index contributed by atoms with van der Waals surface area (Å²) in [6, 6.07) is 5.63. The Labute approximate surface area is 197 Å². The van der Waals surface area contributed by atoms with E-state index in [1.807, 2.05) is 4.72 Å². The van der Waals surface area contributed by atoms with Crippen molar-refractivity contribution in [2.24, 2.45) is 0 Å². The average Bonchev–Trinajstić information content (AvgIpc) is 2.98. The van der Waals surface area contributed by atoms with Crippen LogP contribution in [0, 0.1) is 12.7 Å². The Morgan fingerprint density at radius 3 is 2.41 bits per heavy atom. The minimum Gasteiger partial charge on any atom is -0.331 e. The van der Waals surface area contributed by atoms with Crippen molar-refractivity contribution in [3.8, 4) is 11.3 Å². The third-order valence-electron chi connectivity index (χ3n) is 5.68. The summed E-state index contributed by atoms with van der Waals surface area (Å²) in [6.45, 7) is 0.758. The zero-order valence-corrected chi connectivity index (χ0v) is 20.4. The van der Waals surface area contributed by atoms with Crippen LogP contribution in [0.5, 0.6) is 0 Å². The van der Waals surface area contributed by atoms with Gasteiger partial charge in [0.25, 0.3) is 16.1 Å². The van der Waals surface area contributed by atoms with Gasteiger partial charge in [-0.2, -0.15) is 17.4 Å². The summed E-state index contributed by atoms with van der Waals surface area (Å²) in [4.78, 5) is 19.0. The highest BCUT2D eigenvalue weighted by molar-refractivity contribution is 7.87. The van der Waals surface area contributed by atoms with Gasteiger partial charge >= 0.3 is 6.03 Å². The van der Waals surface area contributed by atoms with Crippen LogP contribution in [-0.4, -0.2) is 86.3 Å². The lowest BCUT2D eigenvalue weighted by Gasteiger charge is -2.30. The van der Waals surface area contributed by atoms with E-state index in [4.69, 9.17) is 0 Å². The smallest absolute Gasteiger partial charge is 0.320 e. The monoisotopic (exact) mass is 499 g/mol. The highest BCUT2D eigenvalue weighted by Gasteiger charge is 2.57. The molecule has 0 saturated carbocycles. The van der Waals surface area contributed by atoms with E-state index in [0.29, 0.717) is 11.4 Å². The van der Waals surface area contributed by atoms with Crippen LogP contribution in [0.1, 0.15) is 11.3 Å². The quantitative estimate of drug-likeness (QED) is 0.662. The number of urea groups is 1. The van der Waals surface area contributed by atoms with Crippen LogP contribution in [0.2, 0.25) is 0 Å².